The number of hydrogen-bond donors (Lipinski definition) is 0. The van der Waals surface area contributed by atoms with E-state index in [0.29, 0.717) is 44.1 Å². The summed E-state index contributed by atoms with van der Waals surface area (Å²) in [5.74, 6) is 3.49. The van der Waals surface area contributed by atoms with Crippen LogP contribution in [0.15, 0.2) is 67.8 Å². The average molecular weight is 463 g/mol. The second-order valence-corrected chi connectivity index (χ2v) is 7.96. The number of hydrogen-bond acceptors (Lipinski definition) is 7. The summed E-state index contributed by atoms with van der Waals surface area (Å²) in [7, 11) is 0. The quantitative estimate of drug-likeness (QED) is 0.235. The van der Waals surface area contributed by atoms with Crippen molar-refractivity contribution in [1.29, 1.82) is 0 Å². The van der Waals surface area contributed by atoms with Gasteiger partial charge >= 0.3 is 0 Å². The Bertz CT molecular complexity index is 1130. The topological polar surface area (TPSA) is 78.6 Å². The molecule has 0 fully saturated rings. The Hall–Kier alpha value is -2.68. The number of nitrogens with zero attached hydrogens (tertiary/aromatic N) is 4. The van der Waals surface area contributed by atoms with Crippen LogP contribution in [0.3, 0.4) is 0 Å². The third-order valence-electron chi connectivity index (χ3n) is 3.89. The van der Waals surface area contributed by atoms with E-state index in [0.717, 1.165) is 5.75 Å². The first-order valence-electron chi connectivity index (χ1n) is 8.97. The second-order valence-electron chi connectivity index (χ2n) is 5.92. The van der Waals surface area contributed by atoms with Gasteiger partial charge in [-0.1, -0.05) is 48.0 Å². The van der Waals surface area contributed by atoms with Gasteiger partial charge in [0.2, 0.25) is 11.0 Å². The first kappa shape index (κ1) is 20.6. The molecule has 7 nitrogen and oxygen atoms in total. The van der Waals surface area contributed by atoms with Gasteiger partial charge in [0.25, 0.3) is 0 Å². The lowest BCUT2D eigenvalue weighted by molar-refractivity contribution is 0.270. The summed E-state index contributed by atoms with van der Waals surface area (Å²) in [6.07, 6.45) is 3.16. The molecule has 30 heavy (non-hydrogen) atoms. The molecule has 0 atom stereocenters. The number of benzene rings is 1. The smallest absolute Gasteiger partial charge is 0.221 e. The molecule has 0 unspecified atom stereocenters. The summed E-state index contributed by atoms with van der Waals surface area (Å²) in [5, 5.41) is 14.4. The van der Waals surface area contributed by atoms with E-state index >= 15 is 0 Å². The van der Waals surface area contributed by atoms with Crippen molar-refractivity contribution in [2.75, 3.05) is 5.75 Å². The normalized spacial score (nSPS) is 11.4. The highest BCUT2D eigenvalue weighted by Crippen LogP contribution is 2.33. The molecule has 4 rings (SSSR count). The van der Waals surface area contributed by atoms with Crippen LogP contribution in [0.25, 0.3) is 11.6 Å². The molecule has 4 aromatic rings. The number of halogens is 2. The fourth-order valence-corrected chi connectivity index (χ4v) is 3.69. The van der Waals surface area contributed by atoms with Crippen molar-refractivity contribution in [3.05, 3.63) is 70.3 Å². The number of thioether (sulfide) groups is 1. The zero-order chi connectivity index (χ0) is 20.9. The lowest BCUT2D eigenvalue weighted by Gasteiger charge is -2.07. The van der Waals surface area contributed by atoms with Crippen LogP contribution in [0.5, 0.6) is 5.75 Å². The van der Waals surface area contributed by atoms with Gasteiger partial charge in [-0.05, 0) is 42.2 Å². The van der Waals surface area contributed by atoms with E-state index in [9.17, 15) is 0 Å². The largest absolute Gasteiger partial charge is 0.483 e. The SMILES string of the molecule is CCSc1nnc(-c2ccco2)n1/N=C\c1ccc(COc2c(Cl)cccc2Cl)o1. The van der Waals surface area contributed by atoms with Crippen LogP contribution < -0.4 is 4.74 Å². The standard InChI is InChI=1S/C20H16Cl2N4O3S/c1-2-30-20-25-24-19(17-7-4-10-27-17)26(20)23-11-13-8-9-14(29-13)12-28-18-15(21)5-3-6-16(18)22/h3-11H,2,12H2,1H3/b23-11-. The van der Waals surface area contributed by atoms with E-state index in [2.05, 4.69) is 15.3 Å². The number of rotatable bonds is 8. The van der Waals surface area contributed by atoms with Crippen molar-refractivity contribution >= 4 is 41.2 Å². The maximum absolute atomic E-state index is 6.12. The monoisotopic (exact) mass is 462 g/mol. The summed E-state index contributed by atoms with van der Waals surface area (Å²) >= 11 is 13.8. The number of ether oxygens (including phenoxy) is 1. The molecular formula is C20H16Cl2N4O3S. The maximum atomic E-state index is 6.12. The average Bonchev–Trinajstić information content (AvgIpc) is 3.47. The van der Waals surface area contributed by atoms with Crippen LogP contribution in [-0.2, 0) is 6.61 Å². The molecule has 3 aromatic heterocycles. The van der Waals surface area contributed by atoms with E-state index in [1.165, 1.54) is 11.8 Å². The Balaban J connectivity index is 1.51. The molecule has 0 aliphatic heterocycles. The Morgan fingerprint density at radius 3 is 2.70 bits per heavy atom. The second kappa shape index (κ2) is 9.42. The zero-order valence-electron chi connectivity index (χ0n) is 15.8. The lowest BCUT2D eigenvalue weighted by Crippen LogP contribution is -1.96. The van der Waals surface area contributed by atoms with E-state index in [4.69, 9.17) is 36.8 Å². The van der Waals surface area contributed by atoms with Crippen LogP contribution in [-0.4, -0.2) is 26.8 Å². The molecule has 0 spiro atoms. The minimum Gasteiger partial charge on any atom is -0.483 e. The highest BCUT2D eigenvalue weighted by molar-refractivity contribution is 7.99. The minimum absolute atomic E-state index is 0.179. The van der Waals surface area contributed by atoms with Crippen molar-refractivity contribution in [3.63, 3.8) is 0 Å². The molecule has 10 heteroatoms. The third-order valence-corrected chi connectivity index (χ3v) is 5.28. The minimum atomic E-state index is 0.179. The zero-order valence-corrected chi connectivity index (χ0v) is 18.1. The predicted octanol–water partition coefficient (Wildman–Crippen LogP) is 6.01. The van der Waals surface area contributed by atoms with Crippen molar-refractivity contribution in [2.45, 2.75) is 18.7 Å². The van der Waals surface area contributed by atoms with E-state index in [-0.39, 0.29) is 6.61 Å². The van der Waals surface area contributed by atoms with Crippen molar-refractivity contribution in [1.82, 2.24) is 14.9 Å². The molecular weight excluding hydrogens is 447 g/mol. The Morgan fingerprint density at radius 1 is 1.13 bits per heavy atom. The maximum Gasteiger partial charge on any atom is 0.221 e. The van der Waals surface area contributed by atoms with Crippen LogP contribution in [0.4, 0.5) is 0 Å². The summed E-state index contributed by atoms with van der Waals surface area (Å²) in [6, 6.07) is 12.4. The van der Waals surface area contributed by atoms with Crippen LogP contribution in [0.2, 0.25) is 10.0 Å². The molecule has 0 saturated carbocycles. The van der Waals surface area contributed by atoms with Crippen LogP contribution >= 0.6 is 35.0 Å². The van der Waals surface area contributed by atoms with Crippen molar-refractivity contribution in [3.8, 4) is 17.3 Å². The van der Waals surface area contributed by atoms with Gasteiger partial charge in [-0.15, -0.1) is 10.2 Å². The van der Waals surface area contributed by atoms with Gasteiger partial charge in [-0.3, -0.25) is 0 Å². The number of furan rings is 2. The Labute approximate surface area is 186 Å². The molecule has 1 aromatic carbocycles. The van der Waals surface area contributed by atoms with Gasteiger partial charge in [0, 0.05) is 0 Å². The summed E-state index contributed by atoms with van der Waals surface area (Å²) < 4.78 is 18.5. The van der Waals surface area contributed by atoms with E-state index in [1.54, 1.807) is 59.6 Å². The van der Waals surface area contributed by atoms with Gasteiger partial charge in [-0.25, -0.2) is 0 Å². The van der Waals surface area contributed by atoms with Gasteiger partial charge < -0.3 is 13.6 Å². The summed E-state index contributed by atoms with van der Waals surface area (Å²) in [5.41, 5.74) is 0. The summed E-state index contributed by atoms with van der Waals surface area (Å²) in [6.45, 7) is 2.21. The molecule has 0 amide bonds. The first-order valence-corrected chi connectivity index (χ1v) is 10.7. The van der Waals surface area contributed by atoms with Gasteiger partial charge in [0.1, 0.15) is 18.1 Å². The van der Waals surface area contributed by atoms with Crippen molar-refractivity contribution < 1.29 is 13.6 Å². The highest BCUT2D eigenvalue weighted by Gasteiger charge is 2.15. The van der Waals surface area contributed by atoms with Crippen LogP contribution in [0, 0.1) is 0 Å². The highest BCUT2D eigenvalue weighted by atomic mass is 35.5. The number of para-hydroxylation sites is 1. The fraction of sp³-hybridized carbons (Fsp3) is 0.150. The molecule has 154 valence electrons. The van der Waals surface area contributed by atoms with Gasteiger partial charge in [0.05, 0.1) is 22.5 Å². The van der Waals surface area contributed by atoms with Crippen LogP contribution in [0.1, 0.15) is 18.4 Å². The molecule has 0 aliphatic carbocycles. The van der Waals surface area contributed by atoms with Crippen molar-refractivity contribution in [2.24, 2.45) is 5.10 Å². The molecule has 0 aliphatic rings. The summed E-state index contributed by atoms with van der Waals surface area (Å²) in [4.78, 5) is 0. The van der Waals surface area contributed by atoms with Gasteiger partial charge in [-0.2, -0.15) is 9.78 Å². The molecule has 3 heterocycles. The molecule has 0 saturated heterocycles. The first-order chi connectivity index (χ1) is 14.7. The third kappa shape index (κ3) is 4.56. The molecule has 0 bridgehead atoms. The van der Waals surface area contributed by atoms with Gasteiger partial charge in [0.15, 0.2) is 11.5 Å². The molecule has 0 radical (unpaired) electrons. The Kier molecular flexibility index (Phi) is 6.47. The Morgan fingerprint density at radius 2 is 1.97 bits per heavy atom. The van der Waals surface area contributed by atoms with E-state index < -0.39 is 0 Å². The fourth-order valence-electron chi connectivity index (χ4n) is 2.57. The van der Waals surface area contributed by atoms with E-state index in [1.807, 2.05) is 6.92 Å². The predicted molar refractivity (Wildman–Crippen MR) is 117 cm³/mol. The molecule has 0 N–H and O–H groups in total. The lowest BCUT2D eigenvalue weighted by atomic mass is 10.3. The number of aromatic nitrogens is 3.